The van der Waals surface area contributed by atoms with Crippen LogP contribution in [0.3, 0.4) is 0 Å². The maximum absolute atomic E-state index is 13.6. The van der Waals surface area contributed by atoms with Crippen molar-refractivity contribution < 1.29 is 19.0 Å². The Bertz CT molecular complexity index is 1440. The molecule has 3 N–H and O–H groups in total. The van der Waals surface area contributed by atoms with E-state index in [2.05, 4.69) is 20.7 Å². The van der Waals surface area contributed by atoms with Crippen LogP contribution in [0.25, 0.3) is 16.9 Å². The number of pyridine rings is 1. The van der Waals surface area contributed by atoms with Gasteiger partial charge in [0.05, 0.1) is 28.8 Å². The molecule has 2 aliphatic heterocycles. The van der Waals surface area contributed by atoms with Gasteiger partial charge in [0.1, 0.15) is 17.1 Å². The van der Waals surface area contributed by atoms with Gasteiger partial charge in [0.15, 0.2) is 5.82 Å². The van der Waals surface area contributed by atoms with E-state index in [1.165, 1.54) is 12.1 Å². The number of rotatable bonds is 4. The fourth-order valence-electron chi connectivity index (χ4n) is 4.91. The number of hydrogen-bond donors (Lipinski definition) is 3. The first-order valence-corrected chi connectivity index (χ1v) is 11.1. The molecule has 1 aromatic carbocycles. The van der Waals surface area contributed by atoms with E-state index in [0.29, 0.717) is 61.0 Å². The number of aryl methyl sites for hydroxylation is 1. The SMILES string of the molecule is Cn1nc(Nc2ccc(-c3cnc4cc(F)ccn34)c3c2C(=O)NC3)cc1C1(O)CCOCC1. The van der Waals surface area contributed by atoms with Crippen molar-refractivity contribution in [3.05, 3.63) is 65.4 Å². The van der Waals surface area contributed by atoms with Crippen LogP contribution in [0.15, 0.2) is 42.7 Å². The Morgan fingerprint density at radius 3 is 2.88 bits per heavy atom. The highest BCUT2D eigenvalue weighted by Gasteiger charge is 2.35. The van der Waals surface area contributed by atoms with Crippen LogP contribution in [0.1, 0.15) is 34.5 Å². The average molecular weight is 462 g/mol. The topological polar surface area (TPSA) is 106 Å². The minimum absolute atomic E-state index is 0.182. The number of amides is 1. The summed E-state index contributed by atoms with van der Waals surface area (Å²) < 4.78 is 22.5. The number of aromatic nitrogens is 4. The number of halogens is 1. The number of imidazole rings is 1. The summed E-state index contributed by atoms with van der Waals surface area (Å²) in [5, 5.41) is 21.8. The molecule has 0 atom stereocenters. The molecule has 5 heterocycles. The van der Waals surface area contributed by atoms with Crippen molar-refractivity contribution in [2.24, 2.45) is 7.05 Å². The molecule has 1 saturated heterocycles. The van der Waals surface area contributed by atoms with Crippen molar-refractivity contribution in [1.82, 2.24) is 24.5 Å². The molecule has 0 bridgehead atoms. The summed E-state index contributed by atoms with van der Waals surface area (Å²) >= 11 is 0. The van der Waals surface area contributed by atoms with Gasteiger partial charge in [-0.1, -0.05) is 6.07 Å². The number of ether oxygens (including phenoxy) is 1. The van der Waals surface area contributed by atoms with Crippen LogP contribution in [0, 0.1) is 5.82 Å². The summed E-state index contributed by atoms with van der Waals surface area (Å²) in [5.74, 6) is 0.00202. The molecular formula is C24H23FN6O3. The monoisotopic (exact) mass is 462 g/mol. The van der Waals surface area contributed by atoms with Gasteiger partial charge in [0.2, 0.25) is 0 Å². The lowest BCUT2D eigenvalue weighted by Crippen LogP contribution is -2.35. The number of carbonyl (C=O) groups excluding carboxylic acids is 1. The Morgan fingerprint density at radius 2 is 2.06 bits per heavy atom. The molecule has 0 saturated carbocycles. The Balaban J connectivity index is 1.38. The van der Waals surface area contributed by atoms with Gasteiger partial charge in [-0.25, -0.2) is 9.37 Å². The molecule has 3 aromatic heterocycles. The first-order chi connectivity index (χ1) is 16.4. The van der Waals surface area contributed by atoms with Crippen molar-refractivity contribution in [2.75, 3.05) is 18.5 Å². The predicted octanol–water partition coefficient (Wildman–Crippen LogP) is 2.86. The Labute approximate surface area is 194 Å². The second kappa shape index (κ2) is 7.64. The number of anilines is 2. The van der Waals surface area contributed by atoms with E-state index < -0.39 is 5.60 Å². The first kappa shape index (κ1) is 20.8. The van der Waals surface area contributed by atoms with E-state index in [9.17, 15) is 14.3 Å². The number of fused-ring (bicyclic) bond motifs is 2. The Morgan fingerprint density at radius 1 is 1.24 bits per heavy atom. The van der Waals surface area contributed by atoms with Crippen molar-refractivity contribution in [2.45, 2.75) is 25.0 Å². The van der Waals surface area contributed by atoms with E-state index >= 15 is 0 Å². The zero-order valence-corrected chi connectivity index (χ0v) is 18.5. The fourth-order valence-corrected chi connectivity index (χ4v) is 4.91. The molecule has 0 unspecified atom stereocenters. The molecule has 0 spiro atoms. The second-order valence-electron chi connectivity index (χ2n) is 8.72. The van der Waals surface area contributed by atoms with Crippen LogP contribution in [-0.2, 0) is 23.9 Å². The molecule has 1 fully saturated rings. The number of aliphatic hydroxyl groups is 1. The van der Waals surface area contributed by atoms with Crippen molar-refractivity contribution >= 4 is 23.1 Å². The quantitative estimate of drug-likeness (QED) is 0.431. The maximum Gasteiger partial charge on any atom is 0.254 e. The molecule has 9 nitrogen and oxygen atoms in total. The highest BCUT2D eigenvalue weighted by Crippen LogP contribution is 2.37. The van der Waals surface area contributed by atoms with Gasteiger partial charge in [-0.2, -0.15) is 5.10 Å². The third kappa shape index (κ3) is 3.25. The molecule has 0 aliphatic carbocycles. The zero-order valence-electron chi connectivity index (χ0n) is 18.5. The van der Waals surface area contributed by atoms with Gasteiger partial charge in [0, 0.05) is 63.5 Å². The molecule has 4 aromatic rings. The summed E-state index contributed by atoms with van der Waals surface area (Å²) in [4.78, 5) is 17.1. The summed E-state index contributed by atoms with van der Waals surface area (Å²) in [6.45, 7) is 1.37. The van der Waals surface area contributed by atoms with Gasteiger partial charge in [-0.05, 0) is 17.7 Å². The van der Waals surface area contributed by atoms with E-state index in [4.69, 9.17) is 4.74 Å². The van der Waals surface area contributed by atoms with E-state index in [1.54, 1.807) is 28.5 Å². The van der Waals surface area contributed by atoms with Crippen LogP contribution >= 0.6 is 0 Å². The third-order valence-electron chi connectivity index (χ3n) is 6.66. The number of benzene rings is 1. The lowest BCUT2D eigenvalue weighted by Gasteiger charge is -2.31. The van der Waals surface area contributed by atoms with Crippen LogP contribution in [0.2, 0.25) is 0 Å². The zero-order chi connectivity index (χ0) is 23.4. The Kier molecular flexibility index (Phi) is 4.68. The van der Waals surface area contributed by atoms with Gasteiger partial charge >= 0.3 is 0 Å². The number of nitrogens with one attached hydrogen (secondary N) is 2. The van der Waals surface area contributed by atoms with Crippen molar-refractivity contribution in [3.8, 4) is 11.3 Å². The number of nitrogens with zero attached hydrogens (tertiary/aromatic N) is 4. The summed E-state index contributed by atoms with van der Waals surface area (Å²) in [7, 11) is 1.79. The fraction of sp³-hybridized carbons (Fsp3) is 0.292. The smallest absolute Gasteiger partial charge is 0.254 e. The summed E-state index contributed by atoms with van der Waals surface area (Å²) in [6, 6.07) is 8.32. The predicted molar refractivity (Wildman–Crippen MR) is 122 cm³/mol. The highest BCUT2D eigenvalue weighted by molar-refractivity contribution is 6.06. The Hall–Kier alpha value is -3.76. The van der Waals surface area contributed by atoms with Crippen LogP contribution in [0.5, 0.6) is 0 Å². The number of hydrogen-bond acceptors (Lipinski definition) is 6. The van der Waals surface area contributed by atoms with Gasteiger partial charge in [-0.3, -0.25) is 13.9 Å². The van der Waals surface area contributed by atoms with E-state index in [-0.39, 0.29) is 11.7 Å². The molecule has 1 amide bonds. The first-order valence-electron chi connectivity index (χ1n) is 11.1. The molecule has 6 rings (SSSR count). The van der Waals surface area contributed by atoms with Crippen LogP contribution in [-0.4, -0.2) is 43.4 Å². The van der Waals surface area contributed by atoms with Gasteiger partial charge in [0.25, 0.3) is 5.91 Å². The molecule has 2 aliphatic rings. The summed E-state index contributed by atoms with van der Waals surface area (Å²) in [5.41, 5.74) is 3.81. The van der Waals surface area contributed by atoms with Crippen molar-refractivity contribution in [1.29, 1.82) is 0 Å². The van der Waals surface area contributed by atoms with Crippen LogP contribution in [0.4, 0.5) is 15.9 Å². The molecular weight excluding hydrogens is 439 g/mol. The largest absolute Gasteiger partial charge is 0.383 e. The lowest BCUT2D eigenvalue weighted by molar-refractivity contribution is -0.0725. The van der Waals surface area contributed by atoms with E-state index in [0.717, 1.165) is 16.8 Å². The lowest BCUT2D eigenvalue weighted by atomic mass is 9.90. The molecule has 34 heavy (non-hydrogen) atoms. The summed E-state index contributed by atoms with van der Waals surface area (Å²) in [6.07, 6.45) is 4.31. The normalized spacial score (nSPS) is 17.1. The van der Waals surface area contributed by atoms with E-state index in [1.807, 2.05) is 18.2 Å². The standard InChI is InChI=1S/C24H23FN6O3/c1-30-19(24(33)5-8-34-9-6-24)11-20(29-30)28-17-3-2-15(16-12-27-23(32)22(16)17)18-13-26-21-10-14(25)4-7-31(18)21/h2-4,7,10-11,13,33H,5-6,8-9,12H2,1H3,(H,27,32)(H,28,29). The minimum Gasteiger partial charge on any atom is -0.383 e. The van der Waals surface area contributed by atoms with Crippen LogP contribution < -0.4 is 10.6 Å². The van der Waals surface area contributed by atoms with Crippen molar-refractivity contribution in [3.63, 3.8) is 0 Å². The molecule has 10 heteroatoms. The second-order valence-corrected chi connectivity index (χ2v) is 8.72. The minimum atomic E-state index is -0.994. The third-order valence-corrected chi connectivity index (χ3v) is 6.66. The number of carbonyl (C=O) groups is 1. The van der Waals surface area contributed by atoms with Gasteiger partial charge < -0.3 is 20.5 Å². The maximum atomic E-state index is 13.6. The molecule has 174 valence electrons. The van der Waals surface area contributed by atoms with Gasteiger partial charge in [-0.15, -0.1) is 0 Å². The molecule has 0 radical (unpaired) electrons. The highest BCUT2D eigenvalue weighted by atomic mass is 19.1. The average Bonchev–Trinajstić information content (AvgIpc) is 3.52.